The van der Waals surface area contributed by atoms with Gasteiger partial charge in [-0.25, -0.2) is 9.37 Å². The number of halogens is 1. The van der Waals surface area contributed by atoms with E-state index in [0.29, 0.717) is 28.2 Å². The minimum Gasteiger partial charge on any atom is -0.375 e. The number of hydrogen-bond acceptors (Lipinski definition) is 9. The molecular formula is C22H21FN6O2S2. The number of nitrogens with two attached hydrogens (primary N) is 1. The first-order valence-corrected chi connectivity index (χ1v) is 11.6. The maximum absolute atomic E-state index is 13.0. The van der Waals surface area contributed by atoms with Gasteiger partial charge in [-0.3, -0.25) is 4.79 Å². The van der Waals surface area contributed by atoms with Gasteiger partial charge in [-0.2, -0.15) is 4.98 Å². The average Bonchev–Trinajstić information content (AvgIpc) is 3.48. The lowest BCUT2D eigenvalue weighted by molar-refractivity contribution is -0.124. The molecule has 33 heavy (non-hydrogen) atoms. The Morgan fingerprint density at radius 2 is 1.94 bits per heavy atom. The molecule has 0 fully saturated rings. The van der Waals surface area contributed by atoms with E-state index in [1.54, 1.807) is 31.4 Å². The monoisotopic (exact) mass is 484 g/mol. The maximum Gasteiger partial charge on any atom is 0.277 e. The van der Waals surface area contributed by atoms with Gasteiger partial charge in [-0.15, -0.1) is 11.3 Å². The minimum atomic E-state index is -1.06. The second kappa shape index (κ2) is 9.59. The fraction of sp³-hybridized carbons (Fsp3) is 0.182. The normalized spacial score (nSPS) is 11.4. The first kappa shape index (κ1) is 22.7. The number of thiazole rings is 1. The number of aromatic nitrogens is 3. The fourth-order valence-corrected chi connectivity index (χ4v) is 3.87. The van der Waals surface area contributed by atoms with Crippen molar-refractivity contribution >= 4 is 45.7 Å². The predicted octanol–water partition coefficient (Wildman–Crippen LogP) is 5.50. The van der Waals surface area contributed by atoms with Crippen LogP contribution in [0.15, 0.2) is 63.3 Å². The van der Waals surface area contributed by atoms with Gasteiger partial charge >= 0.3 is 0 Å². The van der Waals surface area contributed by atoms with Crippen molar-refractivity contribution in [2.24, 2.45) is 5.41 Å². The SMILES string of the molecule is CC(C)(CF)C(=O)Nc1ccc(NSc2cccc(-c3noc(-c4csc(N)n4)n3)c2)cc1. The second-order valence-corrected chi connectivity index (χ2v) is 9.54. The molecule has 11 heteroatoms. The van der Waals surface area contributed by atoms with Gasteiger partial charge in [0.25, 0.3) is 5.89 Å². The Kier molecular flexibility index (Phi) is 6.61. The molecule has 4 aromatic rings. The highest BCUT2D eigenvalue weighted by atomic mass is 32.2. The molecule has 0 spiro atoms. The Bertz CT molecular complexity index is 1260. The van der Waals surface area contributed by atoms with Crippen LogP contribution in [0.2, 0.25) is 0 Å². The number of carbonyl (C=O) groups is 1. The van der Waals surface area contributed by atoms with Gasteiger partial charge in [-0.05, 0) is 62.2 Å². The topological polar surface area (TPSA) is 119 Å². The van der Waals surface area contributed by atoms with Crippen molar-refractivity contribution in [1.29, 1.82) is 0 Å². The van der Waals surface area contributed by atoms with Crippen molar-refractivity contribution in [3.63, 3.8) is 0 Å². The standard InChI is InChI=1S/C22H21FN6O2S2/c1-22(2,12-23)20(30)25-14-6-8-15(9-7-14)29-33-16-5-3-4-13(10-16)18-27-19(31-28-18)17-11-32-21(24)26-17/h3-11,29H,12H2,1-2H3,(H2,24,26)(H,25,30). The third kappa shape index (κ3) is 5.49. The molecule has 0 radical (unpaired) electrons. The van der Waals surface area contributed by atoms with Crippen molar-refractivity contribution in [3.8, 4) is 23.0 Å². The van der Waals surface area contributed by atoms with Gasteiger partial charge in [0.2, 0.25) is 11.7 Å². The third-order valence-corrected chi connectivity index (χ3v) is 6.14. The second-order valence-electron chi connectivity index (χ2n) is 7.78. The van der Waals surface area contributed by atoms with Crippen LogP contribution in [-0.2, 0) is 4.79 Å². The molecule has 2 aromatic carbocycles. The summed E-state index contributed by atoms with van der Waals surface area (Å²) in [5.74, 6) is 0.409. The fourth-order valence-electron chi connectivity index (χ4n) is 2.63. The first-order chi connectivity index (χ1) is 15.8. The van der Waals surface area contributed by atoms with Crippen molar-refractivity contribution in [2.75, 3.05) is 22.4 Å². The van der Waals surface area contributed by atoms with Crippen LogP contribution in [0.1, 0.15) is 13.8 Å². The van der Waals surface area contributed by atoms with E-state index in [1.165, 1.54) is 23.3 Å². The molecule has 0 aliphatic carbocycles. The molecule has 1 amide bonds. The Labute approximate surface area is 197 Å². The van der Waals surface area contributed by atoms with Crippen LogP contribution in [-0.4, -0.2) is 27.7 Å². The van der Waals surface area contributed by atoms with Crippen molar-refractivity contribution in [3.05, 3.63) is 53.9 Å². The Hall–Kier alpha value is -3.44. The number of nitrogens with one attached hydrogen (secondary N) is 2. The summed E-state index contributed by atoms with van der Waals surface area (Å²) in [5, 5.41) is 8.97. The molecule has 2 aromatic heterocycles. The van der Waals surface area contributed by atoms with Gasteiger partial charge in [0.1, 0.15) is 12.4 Å². The molecule has 0 saturated heterocycles. The van der Waals surface area contributed by atoms with E-state index < -0.39 is 12.1 Å². The van der Waals surface area contributed by atoms with Crippen LogP contribution in [0.4, 0.5) is 20.9 Å². The summed E-state index contributed by atoms with van der Waals surface area (Å²) >= 11 is 2.72. The lowest BCUT2D eigenvalue weighted by atomic mass is 9.94. The molecule has 0 saturated carbocycles. The van der Waals surface area contributed by atoms with Gasteiger partial charge in [0, 0.05) is 27.2 Å². The molecular weight excluding hydrogens is 463 g/mol. The number of alkyl halides is 1. The summed E-state index contributed by atoms with van der Waals surface area (Å²) in [7, 11) is 0. The Morgan fingerprint density at radius 1 is 1.18 bits per heavy atom. The van der Waals surface area contributed by atoms with E-state index >= 15 is 0 Å². The van der Waals surface area contributed by atoms with Crippen LogP contribution in [0, 0.1) is 5.41 Å². The Balaban J connectivity index is 1.38. The zero-order valence-corrected chi connectivity index (χ0v) is 19.5. The minimum absolute atomic E-state index is 0.316. The Morgan fingerprint density at radius 3 is 2.64 bits per heavy atom. The zero-order chi connectivity index (χ0) is 23.4. The molecule has 4 N–H and O–H groups in total. The predicted molar refractivity (Wildman–Crippen MR) is 130 cm³/mol. The number of amides is 1. The number of rotatable bonds is 8. The number of nitrogens with zero attached hydrogens (tertiary/aromatic N) is 3. The molecule has 0 aliphatic heterocycles. The van der Waals surface area contributed by atoms with Gasteiger partial charge < -0.3 is 20.3 Å². The molecule has 0 bridgehead atoms. The smallest absolute Gasteiger partial charge is 0.277 e. The lowest BCUT2D eigenvalue weighted by Gasteiger charge is -2.19. The number of nitrogen functional groups attached to an aromatic ring is 1. The van der Waals surface area contributed by atoms with E-state index in [1.807, 2.05) is 36.4 Å². The van der Waals surface area contributed by atoms with E-state index in [4.69, 9.17) is 10.3 Å². The largest absolute Gasteiger partial charge is 0.375 e. The van der Waals surface area contributed by atoms with Gasteiger partial charge in [-0.1, -0.05) is 17.3 Å². The molecule has 2 heterocycles. The van der Waals surface area contributed by atoms with Crippen LogP contribution in [0.5, 0.6) is 0 Å². The maximum atomic E-state index is 13.0. The van der Waals surface area contributed by atoms with Crippen molar-refractivity contribution < 1.29 is 13.7 Å². The number of benzene rings is 2. The van der Waals surface area contributed by atoms with Crippen LogP contribution < -0.4 is 15.8 Å². The van der Waals surface area contributed by atoms with E-state index in [2.05, 4.69) is 25.2 Å². The van der Waals surface area contributed by atoms with Gasteiger partial charge in [0.15, 0.2) is 5.13 Å². The molecule has 8 nitrogen and oxygen atoms in total. The summed E-state index contributed by atoms with van der Waals surface area (Å²) in [5.41, 5.74) is 7.40. The molecule has 4 rings (SSSR count). The zero-order valence-electron chi connectivity index (χ0n) is 17.8. The lowest BCUT2D eigenvalue weighted by Crippen LogP contribution is -2.32. The highest BCUT2D eigenvalue weighted by molar-refractivity contribution is 8.00. The third-order valence-electron chi connectivity index (χ3n) is 4.64. The van der Waals surface area contributed by atoms with E-state index in [-0.39, 0.29) is 5.91 Å². The van der Waals surface area contributed by atoms with Crippen LogP contribution in [0.3, 0.4) is 0 Å². The average molecular weight is 485 g/mol. The summed E-state index contributed by atoms with van der Waals surface area (Å²) in [6, 6.07) is 14.9. The summed E-state index contributed by atoms with van der Waals surface area (Å²) < 4.78 is 21.5. The van der Waals surface area contributed by atoms with Crippen molar-refractivity contribution in [2.45, 2.75) is 18.7 Å². The summed E-state index contributed by atoms with van der Waals surface area (Å²) in [6.45, 7) is 2.40. The molecule has 170 valence electrons. The quantitative estimate of drug-likeness (QED) is 0.281. The van der Waals surface area contributed by atoms with E-state index in [9.17, 15) is 9.18 Å². The molecule has 0 aliphatic rings. The molecule has 0 unspecified atom stereocenters. The summed E-state index contributed by atoms with van der Waals surface area (Å²) in [6.07, 6.45) is 0. The first-order valence-electron chi connectivity index (χ1n) is 9.90. The summed E-state index contributed by atoms with van der Waals surface area (Å²) in [4.78, 5) is 21.6. The van der Waals surface area contributed by atoms with Crippen LogP contribution >= 0.6 is 23.3 Å². The highest BCUT2D eigenvalue weighted by Crippen LogP contribution is 2.28. The highest BCUT2D eigenvalue weighted by Gasteiger charge is 2.27. The van der Waals surface area contributed by atoms with E-state index in [0.717, 1.165) is 16.1 Å². The molecule has 0 atom stereocenters. The number of anilines is 3. The van der Waals surface area contributed by atoms with Crippen LogP contribution in [0.25, 0.3) is 23.0 Å². The number of carbonyl (C=O) groups excluding carboxylic acids is 1. The number of hydrogen-bond donors (Lipinski definition) is 3. The van der Waals surface area contributed by atoms with Crippen molar-refractivity contribution in [1.82, 2.24) is 15.1 Å². The van der Waals surface area contributed by atoms with Gasteiger partial charge in [0.05, 0.1) is 5.41 Å².